The van der Waals surface area contributed by atoms with Gasteiger partial charge >= 0.3 is 0 Å². The summed E-state index contributed by atoms with van der Waals surface area (Å²) in [5, 5.41) is 0. The predicted molar refractivity (Wildman–Crippen MR) is 56.2 cm³/mol. The smallest absolute Gasteiger partial charge is 0.123 e. The minimum absolute atomic E-state index is 0.109. The van der Waals surface area contributed by atoms with E-state index in [9.17, 15) is 4.39 Å². The summed E-state index contributed by atoms with van der Waals surface area (Å²) in [6.07, 6.45) is 0. The molecule has 1 unspecified atom stereocenters. The number of hydrogen-bond donors (Lipinski definition) is 2. The fourth-order valence-electron chi connectivity index (χ4n) is 1.34. The highest BCUT2D eigenvalue weighted by Gasteiger charge is 2.26. The Hall–Kier alpha value is -0.930. The minimum Gasteiger partial charge on any atom is -0.271 e. The van der Waals surface area contributed by atoms with Crippen LogP contribution in [0, 0.1) is 5.82 Å². The van der Waals surface area contributed by atoms with Crippen LogP contribution in [-0.2, 0) is 5.41 Å². The highest BCUT2D eigenvalue weighted by molar-refractivity contribution is 5.25. The van der Waals surface area contributed by atoms with Crippen molar-refractivity contribution in [2.24, 2.45) is 5.84 Å². The molecule has 14 heavy (non-hydrogen) atoms. The molecule has 0 saturated carbocycles. The van der Waals surface area contributed by atoms with Crippen molar-refractivity contribution in [3.63, 3.8) is 0 Å². The first-order valence-electron chi connectivity index (χ1n) is 4.70. The number of benzene rings is 1. The second kappa shape index (κ2) is 4.07. The molecule has 0 aromatic heterocycles. The first-order valence-corrected chi connectivity index (χ1v) is 4.70. The summed E-state index contributed by atoms with van der Waals surface area (Å²) < 4.78 is 12.7. The van der Waals surface area contributed by atoms with Crippen LogP contribution in [0.25, 0.3) is 0 Å². The van der Waals surface area contributed by atoms with E-state index in [0.29, 0.717) is 0 Å². The van der Waals surface area contributed by atoms with E-state index < -0.39 is 0 Å². The third-order valence-corrected chi connectivity index (χ3v) is 2.92. The zero-order chi connectivity index (χ0) is 10.8. The lowest BCUT2D eigenvalue weighted by atomic mass is 9.79. The fraction of sp³-hybridized carbons (Fsp3) is 0.455. The van der Waals surface area contributed by atoms with E-state index in [0.717, 1.165) is 5.56 Å². The Morgan fingerprint density at radius 2 is 1.79 bits per heavy atom. The third kappa shape index (κ3) is 2.11. The number of rotatable bonds is 3. The summed E-state index contributed by atoms with van der Waals surface area (Å²) in [5.41, 5.74) is 3.69. The van der Waals surface area contributed by atoms with Gasteiger partial charge in [0, 0.05) is 11.5 Å². The number of hydrazine groups is 1. The van der Waals surface area contributed by atoms with E-state index in [1.54, 1.807) is 12.1 Å². The van der Waals surface area contributed by atoms with Gasteiger partial charge in [0.05, 0.1) is 0 Å². The number of nitrogens with one attached hydrogen (secondary N) is 1. The number of nitrogens with two attached hydrogens (primary N) is 1. The van der Waals surface area contributed by atoms with Gasteiger partial charge in [-0.05, 0) is 24.6 Å². The Balaban J connectivity index is 2.97. The zero-order valence-corrected chi connectivity index (χ0v) is 8.84. The van der Waals surface area contributed by atoms with Gasteiger partial charge in [-0.15, -0.1) is 0 Å². The second-order valence-electron chi connectivity index (χ2n) is 4.12. The molecular weight excluding hydrogens is 179 g/mol. The molecule has 1 aromatic rings. The van der Waals surface area contributed by atoms with Gasteiger partial charge in [0.2, 0.25) is 0 Å². The Labute approximate surface area is 84.3 Å². The fourth-order valence-corrected chi connectivity index (χ4v) is 1.34. The molecule has 0 fully saturated rings. The summed E-state index contributed by atoms with van der Waals surface area (Å²) in [4.78, 5) is 0. The molecular formula is C11H17FN2. The number of halogens is 1. The molecule has 0 heterocycles. The molecule has 2 nitrogen and oxygen atoms in total. The minimum atomic E-state index is -0.210. The topological polar surface area (TPSA) is 38.0 Å². The Bertz CT molecular complexity index is 293. The second-order valence-corrected chi connectivity index (χ2v) is 4.12. The maximum Gasteiger partial charge on any atom is 0.123 e. The third-order valence-electron chi connectivity index (χ3n) is 2.92. The van der Waals surface area contributed by atoms with Crippen molar-refractivity contribution in [1.82, 2.24) is 5.43 Å². The van der Waals surface area contributed by atoms with Crippen LogP contribution in [0.4, 0.5) is 4.39 Å². The molecule has 0 aliphatic carbocycles. The van der Waals surface area contributed by atoms with Gasteiger partial charge in [0.15, 0.2) is 0 Å². The van der Waals surface area contributed by atoms with E-state index in [1.165, 1.54) is 12.1 Å². The highest BCUT2D eigenvalue weighted by atomic mass is 19.1. The summed E-state index contributed by atoms with van der Waals surface area (Å²) >= 11 is 0. The lowest BCUT2D eigenvalue weighted by molar-refractivity contribution is 0.367. The molecule has 0 bridgehead atoms. The first-order chi connectivity index (χ1) is 6.48. The highest BCUT2D eigenvalue weighted by Crippen LogP contribution is 2.26. The van der Waals surface area contributed by atoms with E-state index >= 15 is 0 Å². The lowest BCUT2D eigenvalue weighted by Crippen LogP contribution is -2.46. The maximum atomic E-state index is 12.7. The average Bonchev–Trinajstić information content (AvgIpc) is 2.17. The van der Waals surface area contributed by atoms with Crippen molar-refractivity contribution in [2.75, 3.05) is 0 Å². The van der Waals surface area contributed by atoms with Crippen LogP contribution in [0.1, 0.15) is 26.3 Å². The summed E-state index contributed by atoms with van der Waals surface area (Å²) in [5.74, 6) is 5.19. The van der Waals surface area contributed by atoms with Crippen molar-refractivity contribution in [1.29, 1.82) is 0 Å². The summed E-state index contributed by atoms with van der Waals surface area (Å²) in [6.45, 7) is 6.15. The van der Waals surface area contributed by atoms with Crippen molar-refractivity contribution in [3.8, 4) is 0 Å². The molecule has 0 saturated heterocycles. The van der Waals surface area contributed by atoms with Crippen LogP contribution in [0.2, 0.25) is 0 Å². The zero-order valence-electron chi connectivity index (χ0n) is 8.84. The van der Waals surface area contributed by atoms with Crippen molar-refractivity contribution in [3.05, 3.63) is 35.6 Å². The summed E-state index contributed by atoms with van der Waals surface area (Å²) in [7, 11) is 0. The molecule has 3 heteroatoms. The van der Waals surface area contributed by atoms with Gasteiger partial charge in [0.1, 0.15) is 5.82 Å². The van der Waals surface area contributed by atoms with Gasteiger partial charge in [-0.25, -0.2) is 4.39 Å². The SMILES string of the molecule is CC(NN)C(C)(C)c1ccc(F)cc1. The van der Waals surface area contributed by atoms with Crippen molar-refractivity contribution < 1.29 is 4.39 Å². The molecule has 1 aromatic carbocycles. The van der Waals surface area contributed by atoms with Crippen molar-refractivity contribution >= 4 is 0 Å². The van der Waals surface area contributed by atoms with Gasteiger partial charge < -0.3 is 0 Å². The van der Waals surface area contributed by atoms with Crippen LogP contribution in [0.3, 0.4) is 0 Å². The average molecular weight is 196 g/mol. The maximum absolute atomic E-state index is 12.7. The Morgan fingerprint density at radius 3 is 2.21 bits per heavy atom. The summed E-state index contributed by atoms with van der Waals surface area (Å²) in [6, 6.07) is 6.67. The normalized spacial score (nSPS) is 14.1. The van der Waals surface area contributed by atoms with Crippen molar-refractivity contribution in [2.45, 2.75) is 32.2 Å². The molecule has 0 amide bonds. The van der Waals surface area contributed by atoms with E-state index in [2.05, 4.69) is 19.3 Å². The van der Waals surface area contributed by atoms with Gasteiger partial charge in [-0.2, -0.15) is 0 Å². The quantitative estimate of drug-likeness (QED) is 0.573. The molecule has 0 radical (unpaired) electrons. The van der Waals surface area contributed by atoms with Gasteiger partial charge in [-0.3, -0.25) is 11.3 Å². The molecule has 0 spiro atoms. The Kier molecular flexibility index (Phi) is 3.24. The van der Waals surface area contributed by atoms with Gasteiger partial charge in [0.25, 0.3) is 0 Å². The molecule has 3 N–H and O–H groups in total. The first kappa shape index (κ1) is 11.1. The van der Waals surface area contributed by atoms with Crippen LogP contribution >= 0.6 is 0 Å². The van der Waals surface area contributed by atoms with Crippen LogP contribution < -0.4 is 11.3 Å². The van der Waals surface area contributed by atoms with E-state index in [4.69, 9.17) is 5.84 Å². The number of hydrogen-bond acceptors (Lipinski definition) is 2. The molecule has 0 aliphatic heterocycles. The predicted octanol–water partition coefficient (Wildman–Crippen LogP) is 1.96. The molecule has 78 valence electrons. The lowest BCUT2D eigenvalue weighted by Gasteiger charge is -2.31. The molecule has 0 aliphatic rings. The van der Waals surface area contributed by atoms with E-state index in [1.807, 2.05) is 6.92 Å². The van der Waals surface area contributed by atoms with Crippen LogP contribution in [-0.4, -0.2) is 6.04 Å². The largest absolute Gasteiger partial charge is 0.271 e. The molecule has 1 rings (SSSR count). The van der Waals surface area contributed by atoms with Gasteiger partial charge in [-0.1, -0.05) is 26.0 Å². The molecule has 1 atom stereocenters. The monoisotopic (exact) mass is 196 g/mol. The Morgan fingerprint density at radius 1 is 1.29 bits per heavy atom. The van der Waals surface area contributed by atoms with Crippen LogP contribution in [0.15, 0.2) is 24.3 Å². The van der Waals surface area contributed by atoms with Crippen LogP contribution in [0.5, 0.6) is 0 Å². The van der Waals surface area contributed by atoms with E-state index in [-0.39, 0.29) is 17.3 Å². The standard InChI is InChI=1S/C11H17FN2/c1-8(14-13)11(2,3)9-4-6-10(12)7-5-9/h4-8,14H,13H2,1-3H3.